The lowest BCUT2D eigenvalue weighted by molar-refractivity contribution is -0.287. The summed E-state index contributed by atoms with van der Waals surface area (Å²) in [7, 11) is 8.26. The summed E-state index contributed by atoms with van der Waals surface area (Å²) in [5, 5.41) is 19.9. The second kappa shape index (κ2) is 27.9. The number of hydrogen-bond acceptors (Lipinski definition) is 18. The van der Waals surface area contributed by atoms with Gasteiger partial charge in [-0.15, -0.1) is 45.7 Å². The number of aromatic carboxylic acids is 1. The molecule has 4 N–H and O–H groups in total. The molecule has 1 amide bonds. The monoisotopic (exact) mass is 1190 g/mol. The number of pyridine rings is 2. The van der Waals surface area contributed by atoms with Crippen LogP contribution in [0.15, 0.2) is 73.1 Å². The lowest BCUT2D eigenvalue weighted by Gasteiger charge is -2.21. The van der Waals surface area contributed by atoms with E-state index in [4.69, 9.17) is 83.1 Å². The van der Waals surface area contributed by atoms with Gasteiger partial charge < -0.3 is 54.2 Å². The van der Waals surface area contributed by atoms with Crippen LogP contribution >= 0.6 is 58.0 Å². The second-order valence-corrected chi connectivity index (χ2v) is 17.7. The van der Waals surface area contributed by atoms with Crippen molar-refractivity contribution in [1.82, 2.24) is 49.4 Å². The Morgan fingerprint density at radius 2 is 1.13 bits per heavy atom. The number of aromatic nitrogens is 9. The quantitative estimate of drug-likeness (QED) is 0.0990. The Balaban J connectivity index is 0.000000193. The van der Waals surface area contributed by atoms with Gasteiger partial charge in [0, 0.05) is 74.0 Å². The van der Waals surface area contributed by atoms with Crippen molar-refractivity contribution in [3.05, 3.63) is 111 Å². The number of methoxy groups -OCH3 is 2. The van der Waals surface area contributed by atoms with Gasteiger partial charge in [-0.1, -0.05) is 23.2 Å². The number of aryl methyl sites for hydroxylation is 4. The number of hydrogen-bond donors (Lipinski definition) is 3. The molecule has 0 atom stereocenters. The maximum absolute atomic E-state index is 13.2. The van der Waals surface area contributed by atoms with Crippen molar-refractivity contribution in [2.24, 2.45) is 14.1 Å². The van der Waals surface area contributed by atoms with Crippen LogP contribution in [0.5, 0.6) is 35.0 Å². The Kier molecular flexibility index (Phi) is 22.1. The largest absolute Gasteiger partial charge is 0.586 e. The predicted octanol–water partition coefficient (Wildman–Crippen LogP) is 9.66. The minimum atomic E-state index is -3.72. The molecule has 8 heterocycles. The zero-order chi connectivity index (χ0) is 57.5. The summed E-state index contributed by atoms with van der Waals surface area (Å²) >= 11 is 27.2. The third-order valence-corrected chi connectivity index (χ3v) is 10.8. The molecule has 0 aliphatic carbocycles. The van der Waals surface area contributed by atoms with Crippen LogP contribution in [0.1, 0.15) is 32.4 Å². The zero-order valence-corrected chi connectivity index (χ0v) is 45.8. The van der Waals surface area contributed by atoms with E-state index in [1.165, 1.54) is 66.3 Å². The number of halogens is 9. The number of alkyl halides is 6. The van der Waals surface area contributed by atoms with E-state index in [-0.39, 0.29) is 67.3 Å². The molecule has 7 aromatic rings. The number of nitrogens with one attached hydrogen (secondary N) is 1. The van der Waals surface area contributed by atoms with Crippen LogP contribution < -0.4 is 39.5 Å². The number of fused-ring (bicyclic) bond motifs is 2. The fourth-order valence-corrected chi connectivity index (χ4v) is 7.21. The molecular formula is C47H47Cl5F4N12O10. The van der Waals surface area contributed by atoms with Crippen molar-refractivity contribution in [1.29, 1.82) is 0 Å². The Labute approximate surface area is 467 Å². The molecule has 0 radical (unpaired) electrons. The maximum Gasteiger partial charge on any atom is 0.586 e. The van der Waals surface area contributed by atoms with E-state index in [1.54, 1.807) is 58.3 Å². The van der Waals surface area contributed by atoms with Crippen molar-refractivity contribution >= 4 is 81.5 Å². The van der Waals surface area contributed by atoms with Gasteiger partial charge in [0.2, 0.25) is 5.28 Å². The number of carbonyl (C=O) groups excluding carboxylic acids is 1. The minimum Gasteiger partial charge on any atom is -0.477 e. The van der Waals surface area contributed by atoms with Crippen LogP contribution in [0.2, 0.25) is 15.3 Å². The molecule has 0 bridgehead atoms. The van der Waals surface area contributed by atoms with Gasteiger partial charge in [-0.3, -0.25) is 14.2 Å². The van der Waals surface area contributed by atoms with Crippen LogP contribution in [0.3, 0.4) is 0 Å². The van der Waals surface area contributed by atoms with Gasteiger partial charge in [0.25, 0.3) is 5.91 Å². The van der Waals surface area contributed by atoms with Crippen molar-refractivity contribution in [2.75, 3.05) is 64.0 Å². The smallest absolute Gasteiger partial charge is 0.477 e. The normalized spacial score (nSPS) is 13.9. The number of nitrogen functional groups attached to an aromatic ring is 1. The Morgan fingerprint density at radius 3 is 1.47 bits per heavy atom. The molecular weight excluding hydrogens is 1150 g/mol. The summed E-state index contributed by atoms with van der Waals surface area (Å²) in [5.41, 5.74) is 9.68. The molecule has 0 saturated carbocycles. The number of rotatable bonds is 7. The maximum atomic E-state index is 13.2. The first-order valence-corrected chi connectivity index (χ1v) is 24.4. The summed E-state index contributed by atoms with van der Waals surface area (Å²) in [5.74, 6) is -1.04. The van der Waals surface area contributed by atoms with Crippen molar-refractivity contribution in [2.45, 2.75) is 26.4 Å². The number of benzene rings is 2. The van der Waals surface area contributed by atoms with Gasteiger partial charge in [0.1, 0.15) is 23.0 Å². The number of anilines is 2. The van der Waals surface area contributed by atoms with Crippen molar-refractivity contribution in [3.63, 3.8) is 0 Å². The minimum absolute atomic E-state index is 0.0497. The van der Waals surface area contributed by atoms with E-state index < -0.39 is 18.6 Å². The number of ether oxygens (including phenoxy) is 7. The van der Waals surface area contributed by atoms with Gasteiger partial charge in [0.05, 0.1) is 54.2 Å². The second-order valence-electron chi connectivity index (χ2n) is 15.7. The number of likely N-dealkylation sites (N-methyl/N-ethyl adjacent to an activating group) is 1. The third kappa shape index (κ3) is 17.9. The van der Waals surface area contributed by atoms with Crippen LogP contribution in [0.4, 0.5) is 29.2 Å². The molecule has 78 heavy (non-hydrogen) atoms. The van der Waals surface area contributed by atoms with E-state index in [9.17, 15) is 27.2 Å². The van der Waals surface area contributed by atoms with E-state index in [0.717, 1.165) is 37.7 Å². The van der Waals surface area contributed by atoms with Crippen molar-refractivity contribution < 1.29 is 65.4 Å². The summed E-state index contributed by atoms with van der Waals surface area (Å²) in [6.45, 7) is 7.56. The van der Waals surface area contributed by atoms with Crippen molar-refractivity contribution in [3.8, 4) is 57.3 Å². The van der Waals surface area contributed by atoms with E-state index in [2.05, 4.69) is 71.3 Å². The standard InChI is InChI=1S/C18H13ClF2N4O3.C12H7ClF2N2O2.C6H8N2O2.C5H6ClN3O2.C5H11NO.CH2Cl2/c1-9-5-13(25(2)24-9)17(26)23-16-4-3-10(8-22-16)11-6-14-15(7-12(11)19)28-18(20,21)27-14;13-8-4-10-9(18-12(14,15)19-10)3-7(8)6-1-2-11(16)17-5-6;1-4-3-5(6(9)10)8(2)7-4;1-10-4-7-3(6)8-5(9-4)11-2;1-6-2-4-7-5-3-6;2-1-3/h3-8H,1-2H3,(H,22,23,26);1-5H,(H2,16,17);3H,1-2H3,(H,9,10);1-2H3;2-5H2,1H3;1H2. The predicted molar refractivity (Wildman–Crippen MR) is 280 cm³/mol. The molecule has 22 nitrogen and oxygen atoms in total. The number of carboxylic acids is 1. The van der Waals surface area contributed by atoms with Gasteiger partial charge in [-0.05, 0) is 81.0 Å². The Morgan fingerprint density at radius 1 is 0.692 bits per heavy atom. The van der Waals surface area contributed by atoms with Gasteiger partial charge in [0.15, 0.2) is 23.0 Å². The Bertz CT molecular complexity index is 3140. The number of nitrogens with two attached hydrogens (primary N) is 1. The lowest BCUT2D eigenvalue weighted by atomic mass is 10.1. The lowest BCUT2D eigenvalue weighted by Crippen LogP contribution is -2.32. The molecule has 0 spiro atoms. The fourth-order valence-electron chi connectivity index (χ4n) is 6.54. The molecule has 1 fully saturated rings. The van der Waals surface area contributed by atoms with Gasteiger partial charge in [-0.25, -0.2) is 14.8 Å². The van der Waals surface area contributed by atoms with Crippen LogP contribution in [-0.4, -0.2) is 132 Å². The van der Waals surface area contributed by atoms with Crippen LogP contribution in [0.25, 0.3) is 22.3 Å². The van der Waals surface area contributed by atoms with E-state index in [1.807, 2.05) is 0 Å². The highest BCUT2D eigenvalue weighted by molar-refractivity contribution is 6.40. The number of nitrogens with zero attached hydrogens (tertiary/aromatic N) is 10. The third-order valence-electron chi connectivity index (χ3n) is 10.0. The first kappa shape index (κ1) is 61.7. The molecule has 1 saturated heterocycles. The topological polar surface area (TPSA) is 260 Å². The molecule has 2 aromatic carbocycles. The molecule has 31 heteroatoms. The van der Waals surface area contributed by atoms with E-state index in [0.29, 0.717) is 39.6 Å². The highest BCUT2D eigenvalue weighted by atomic mass is 35.5. The van der Waals surface area contributed by atoms with Gasteiger partial charge in [-0.2, -0.15) is 20.2 Å². The first-order valence-electron chi connectivity index (χ1n) is 22.1. The number of amides is 1. The SMILES string of the molecule is CN1CCOCC1.COc1nc(Cl)nc(OC)n1.Cc1cc(C(=O)Nc2ccc(-c3cc4c(cc3Cl)OC(F)(F)O4)cn2)n(C)n1.Cc1cc(C(=O)O)n(C)n1.ClCCl.Nc1ccc(-c2cc3c(cc2Cl)OC(F)(F)O3)cn1. The zero-order valence-electron chi connectivity index (χ0n) is 42.0. The van der Waals surface area contributed by atoms with Crippen LogP contribution in [-0.2, 0) is 18.8 Å². The van der Waals surface area contributed by atoms with Gasteiger partial charge >= 0.3 is 30.6 Å². The van der Waals surface area contributed by atoms with Crippen LogP contribution in [0, 0.1) is 13.8 Å². The summed E-state index contributed by atoms with van der Waals surface area (Å²) in [4.78, 5) is 44.1. The summed E-state index contributed by atoms with van der Waals surface area (Å²) in [6.07, 6.45) is -4.42. The molecule has 3 aliphatic rings. The number of carboxylic acid groups (broad SMARTS) is 1. The van der Waals surface area contributed by atoms with E-state index >= 15 is 0 Å². The summed E-state index contributed by atoms with van der Waals surface area (Å²) < 4.78 is 87.1. The molecule has 5 aromatic heterocycles. The summed E-state index contributed by atoms with van der Waals surface area (Å²) in [6, 6.07) is 15.2. The average molecular weight is 1190 g/mol. The highest BCUT2D eigenvalue weighted by Crippen LogP contribution is 2.47. The Hall–Kier alpha value is -7.20. The fraction of sp³-hybridized carbons (Fsp3) is 0.298. The molecule has 10 rings (SSSR count). The molecule has 418 valence electrons. The average Bonchev–Trinajstić information content (AvgIpc) is 4.12. The molecule has 0 unspecified atom stereocenters. The first-order chi connectivity index (χ1) is 36.8. The number of carbonyl (C=O) groups is 2. The number of morpholine rings is 1. The highest BCUT2D eigenvalue weighted by Gasteiger charge is 2.45. The molecule has 3 aliphatic heterocycles.